The van der Waals surface area contributed by atoms with Crippen LogP contribution in [0.4, 0.5) is 0 Å². The summed E-state index contributed by atoms with van der Waals surface area (Å²) in [5, 5.41) is 11.8. The Bertz CT molecular complexity index is 796. The number of aromatic hydroxyl groups is 1. The second kappa shape index (κ2) is 5.68. The van der Waals surface area contributed by atoms with E-state index in [0.29, 0.717) is 17.8 Å². The molecule has 116 valence electrons. The molecule has 0 radical (unpaired) electrons. The summed E-state index contributed by atoms with van der Waals surface area (Å²) in [4.78, 5) is 0. The van der Waals surface area contributed by atoms with Gasteiger partial charge in [-0.15, -0.1) is 0 Å². The van der Waals surface area contributed by atoms with Gasteiger partial charge in [0.2, 0.25) is 0 Å². The summed E-state index contributed by atoms with van der Waals surface area (Å²) in [5.41, 5.74) is 3.00. The molecule has 2 heteroatoms. The number of benzene rings is 2. The van der Waals surface area contributed by atoms with Gasteiger partial charge in [0.15, 0.2) is 0 Å². The SMILES string of the molecule is CC(C)CC(c1ccc2c(c1)oc1cc(O)ccc12)C(C)C. The highest BCUT2D eigenvalue weighted by Gasteiger charge is 2.19. The Kier molecular flexibility index (Phi) is 3.86. The summed E-state index contributed by atoms with van der Waals surface area (Å²) in [6.45, 7) is 9.12. The summed E-state index contributed by atoms with van der Waals surface area (Å²) >= 11 is 0. The molecule has 0 saturated carbocycles. The summed E-state index contributed by atoms with van der Waals surface area (Å²) in [6.07, 6.45) is 1.18. The number of fused-ring (bicyclic) bond motifs is 3. The van der Waals surface area contributed by atoms with Crippen molar-refractivity contribution >= 4 is 21.9 Å². The summed E-state index contributed by atoms with van der Waals surface area (Å²) in [5.74, 6) is 2.07. The standard InChI is InChI=1S/C20H24O2/c1-12(2)9-18(13(3)4)14-5-7-16-17-8-6-15(21)11-20(17)22-19(16)10-14/h5-8,10-13,18,21H,9H2,1-4H3. The maximum atomic E-state index is 9.61. The lowest BCUT2D eigenvalue weighted by Gasteiger charge is -2.23. The Labute approximate surface area is 131 Å². The molecule has 0 amide bonds. The molecule has 0 fully saturated rings. The lowest BCUT2D eigenvalue weighted by atomic mass is 9.82. The third kappa shape index (κ3) is 2.70. The van der Waals surface area contributed by atoms with Crippen LogP contribution in [0.2, 0.25) is 0 Å². The maximum Gasteiger partial charge on any atom is 0.139 e. The molecule has 3 aromatic rings. The van der Waals surface area contributed by atoms with Crippen molar-refractivity contribution in [1.82, 2.24) is 0 Å². The van der Waals surface area contributed by atoms with E-state index in [1.165, 1.54) is 12.0 Å². The van der Waals surface area contributed by atoms with Crippen molar-refractivity contribution < 1.29 is 9.52 Å². The topological polar surface area (TPSA) is 33.4 Å². The molecule has 3 rings (SSSR count). The molecule has 0 saturated heterocycles. The van der Waals surface area contributed by atoms with E-state index in [2.05, 4.69) is 45.9 Å². The van der Waals surface area contributed by atoms with E-state index in [0.717, 1.165) is 21.9 Å². The molecule has 1 N–H and O–H groups in total. The molecule has 1 atom stereocenters. The Morgan fingerprint density at radius 2 is 1.55 bits per heavy atom. The molecule has 0 spiro atoms. The number of phenolic OH excluding ortho intramolecular Hbond substituents is 1. The van der Waals surface area contributed by atoms with Crippen LogP contribution in [0.5, 0.6) is 5.75 Å². The van der Waals surface area contributed by atoms with Crippen molar-refractivity contribution in [2.75, 3.05) is 0 Å². The van der Waals surface area contributed by atoms with Crippen molar-refractivity contribution in [3.8, 4) is 5.75 Å². The predicted molar refractivity (Wildman–Crippen MR) is 92.4 cm³/mol. The van der Waals surface area contributed by atoms with Crippen LogP contribution in [0.15, 0.2) is 40.8 Å². The molecule has 0 aliphatic carbocycles. The fourth-order valence-electron chi connectivity index (χ4n) is 3.31. The fraction of sp³-hybridized carbons (Fsp3) is 0.400. The Morgan fingerprint density at radius 3 is 2.18 bits per heavy atom. The lowest BCUT2D eigenvalue weighted by Crippen LogP contribution is -2.09. The first-order valence-corrected chi connectivity index (χ1v) is 8.11. The van der Waals surface area contributed by atoms with Gasteiger partial charge in [0.1, 0.15) is 16.9 Å². The second-order valence-corrected chi connectivity index (χ2v) is 7.02. The van der Waals surface area contributed by atoms with Crippen molar-refractivity contribution in [1.29, 1.82) is 0 Å². The molecule has 1 unspecified atom stereocenters. The van der Waals surface area contributed by atoms with Gasteiger partial charge in [-0.05, 0) is 47.9 Å². The Balaban J connectivity index is 2.10. The zero-order valence-corrected chi connectivity index (χ0v) is 13.8. The van der Waals surface area contributed by atoms with Gasteiger partial charge >= 0.3 is 0 Å². The van der Waals surface area contributed by atoms with Crippen molar-refractivity contribution in [2.45, 2.75) is 40.0 Å². The van der Waals surface area contributed by atoms with Gasteiger partial charge in [-0.1, -0.05) is 39.8 Å². The molecule has 2 aromatic carbocycles. The van der Waals surface area contributed by atoms with Gasteiger partial charge in [-0.25, -0.2) is 0 Å². The van der Waals surface area contributed by atoms with Crippen LogP contribution in [0, 0.1) is 11.8 Å². The van der Waals surface area contributed by atoms with E-state index in [1.807, 2.05) is 6.07 Å². The number of rotatable bonds is 4. The first-order valence-electron chi connectivity index (χ1n) is 8.11. The molecular weight excluding hydrogens is 272 g/mol. The van der Waals surface area contributed by atoms with E-state index in [4.69, 9.17) is 4.42 Å². The minimum atomic E-state index is 0.242. The van der Waals surface area contributed by atoms with Crippen LogP contribution >= 0.6 is 0 Å². The number of furan rings is 1. The summed E-state index contributed by atoms with van der Waals surface area (Å²) in [6, 6.07) is 11.9. The van der Waals surface area contributed by atoms with E-state index in [1.54, 1.807) is 12.1 Å². The van der Waals surface area contributed by atoms with Crippen LogP contribution in [0.1, 0.15) is 45.6 Å². The number of phenols is 1. The molecule has 22 heavy (non-hydrogen) atoms. The van der Waals surface area contributed by atoms with Gasteiger partial charge < -0.3 is 9.52 Å². The zero-order chi connectivity index (χ0) is 15.9. The van der Waals surface area contributed by atoms with Crippen molar-refractivity contribution in [3.63, 3.8) is 0 Å². The maximum absolute atomic E-state index is 9.61. The third-order valence-corrected chi connectivity index (χ3v) is 4.44. The monoisotopic (exact) mass is 296 g/mol. The minimum Gasteiger partial charge on any atom is -0.508 e. The number of hydrogen-bond donors (Lipinski definition) is 1. The highest BCUT2D eigenvalue weighted by atomic mass is 16.3. The third-order valence-electron chi connectivity index (χ3n) is 4.44. The molecule has 2 nitrogen and oxygen atoms in total. The highest BCUT2D eigenvalue weighted by molar-refractivity contribution is 6.05. The molecule has 0 aliphatic heterocycles. The van der Waals surface area contributed by atoms with Crippen LogP contribution in [-0.4, -0.2) is 5.11 Å². The average molecular weight is 296 g/mol. The Morgan fingerprint density at radius 1 is 0.909 bits per heavy atom. The second-order valence-electron chi connectivity index (χ2n) is 7.02. The molecule has 1 aromatic heterocycles. The molecular formula is C20H24O2. The Hall–Kier alpha value is -1.96. The molecule has 1 heterocycles. The lowest BCUT2D eigenvalue weighted by molar-refractivity contribution is 0.408. The minimum absolute atomic E-state index is 0.242. The van der Waals surface area contributed by atoms with Crippen LogP contribution in [-0.2, 0) is 0 Å². The van der Waals surface area contributed by atoms with Crippen molar-refractivity contribution in [3.05, 3.63) is 42.0 Å². The van der Waals surface area contributed by atoms with E-state index in [9.17, 15) is 5.11 Å². The molecule has 0 aliphatic rings. The van der Waals surface area contributed by atoms with Crippen molar-refractivity contribution in [2.24, 2.45) is 11.8 Å². The summed E-state index contributed by atoms with van der Waals surface area (Å²) in [7, 11) is 0. The molecule has 0 bridgehead atoms. The first kappa shape index (κ1) is 15.0. The largest absolute Gasteiger partial charge is 0.508 e. The van der Waals surface area contributed by atoms with E-state index >= 15 is 0 Å². The summed E-state index contributed by atoms with van der Waals surface area (Å²) < 4.78 is 5.95. The smallest absolute Gasteiger partial charge is 0.139 e. The predicted octanol–water partition coefficient (Wildman–Crippen LogP) is 6.08. The fourth-order valence-corrected chi connectivity index (χ4v) is 3.31. The van der Waals surface area contributed by atoms with Gasteiger partial charge in [0.05, 0.1) is 0 Å². The van der Waals surface area contributed by atoms with E-state index in [-0.39, 0.29) is 5.75 Å². The van der Waals surface area contributed by atoms with Gasteiger partial charge in [0, 0.05) is 16.8 Å². The van der Waals surface area contributed by atoms with E-state index < -0.39 is 0 Å². The van der Waals surface area contributed by atoms with Crippen LogP contribution < -0.4 is 0 Å². The first-order chi connectivity index (χ1) is 10.5. The van der Waals surface area contributed by atoms with Crippen LogP contribution in [0.3, 0.4) is 0 Å². The van der Waals surface area contributed by atoms with Gasteiger partial charge in [0.25, 0.3) is 0 Å². The van der Waals surface area contributed by atoms with Gasteiger partial charge in [-0.3, -0.25) is 0 Å². The quantitative estimate of drug-likeness (QED) is 0.633. The number of hydrogen-bond acceptors (Lipinski definition) is 2. The zero-order valence-electron chi connectivity index (χ0n) is 13.8. The highest BCUT2D eigenvalue weighted by Crippen LogP contribution is 2.36. The van der Waals surface area contributed by atoms with Crippen LogP contribution in [0.25, 0.3) is 21.9 Å². The van der Waals surface area contributed by atoms with Gasteiger partial charge in [-0.2, -0.15) is 0 Å². The average Bonchev–Trinajstić information content (AvgIpc) is 2.80. The normalized spacial score (nSPS) is 13.5.